The van der Waals surface area contributed by atoms with Crippen LogP contribution >= 0.6 is 0 Å². The summed E-state index contributed by atoms with van der Waals surface area (Å²) in [5.74, 6) is -0.394. The molecule has 1 saturated heterocycles. The van der Waals surface area contributed by atoms with Gasteiger partial charge in [0.15, 0.2) is 0 Å². The standard InChI is InChI=1S/C13H21NO3/c1-3-9(2)11(15)14-7-10-5-4-6-13(10,8-14)12(16)17/h9-10H,3-8H2,1-2H3,(H,16,17)/t9?,10-,13+/m0/s1. The van der Waals surface area contributed by atoms with Crippen LogP contribution in [0.4, 0.5) is 0 Å². The van der Waals surface area contributed by atoms with Gasteiger partial charge in [0.1, 0.15) is 0 Å². The Balaban J connectivity index is 2.13. The number of rotatable bonds is 3. The highest BCUT2D eigenvalue weighted by atomic mass is 16.4. The Morgan fingerprint density at radius 3 is 2.76 bits per heavy atom. The molecule has 1 heterocycles. The number of carboxylic acids is 1. The van der Waals surface area contributed by atoms with Crippen LogP contribution in [0.25, 0.3) is 0 Å². The molecule has 17 heavy (non-hydrogen) atoms. The van der Waals surface area contributed by atoms with E-state index in [0.29, 0.717) is 13.1 Å². The van der Waals surface area contributed by atoms with Crippen molar-refractivity contribution in [3.63, 3.8) is 0 Å². The van der Waals surface area contributed by atoms with Crippen LogP contribution in [0.5, 0.6) is 0 Å². The van der Waals surface area contributed by atoms with Crippen LogP contribution in [0.15, 0.2) is 0 Å². The maximum absolute atomic E-state index is 12.1. The Kier molecular flexibility index (Phi) is 3.15. The Bertz CT molecular complexity index is 342. The van der Waals surface area contributed by atoms with Gasteiger partial charge in [-0.25, -0.2) is 0 Å². The van der Waals surface area contributed by atoms with E-state index in [9.17, 15) is 14.7 Å². The number of likely N-dealkylation sites (tertiary alicyclic amines) is 1. The lowest BCUT2D eigenvalue weighted by Gasteiger charge is -2.24. The first-order valence-corrected chi connectivity index (χ1v) is 6.53. The molecule has 0 aromatic carbocycles. The second-order valence-electron chi connectivity index (χ2n) is 5.58. The quantitative estimate of drug-likeness (QED) is 0.816. The summed E-state index contributed by atoms with van der Waals surface area (Å²) in [5, 5.41) is 9.43. The van der Waals surface area contributed by atoms with E-state index in [1.807, 2.05) is 13.8 Å². The van der Waals surface area contributed by atoms with E-state index in [0.717, 1.165) is 25.7 Å². The highest BCUT2D eigenvalue weighted by Gasteiger charge is 2.55. The molecule has 2 fully saturated rings. The number of carboxylic acid groups (broad SMARTS) is 1. The zero-order valence-electron chi connectivity index (χ0n) is 10.6. The molecule has 1 saturated carbocycles. The summed E-state index contributed by atoms with van der Waals surface area (Å²) in [4.78, 5) is 25.4. The van der Waals surface area contributed by atoms with Crippen LogP contribution in [0, 0.1) is 17.3 Å². The summed E-state index contributed by atoms with van der Waals surface area (Å²) in [5.41, 5.74) is -0.636. The average Bonchev–Trinajstić information content (AvgIpc) is 2.83. The molecular weight excluding hydrogens is 218 g/mol. The summed E-state index contributed by atoms with van der Waals surface area (Å²) in [7, 11) is 0. The first kappa shape index (κ1) is 12.4. The third-order valence-corrected chi connectivity index (χ3v) is 4.64. The van der Waals surface area contributed by atoms with E-state index >= 15 is 0 Å². The first-order chi connectivity index (χ1) is 8.01. The molecule has 0 aromatic heterocycles. The molecule has 3 atom stereocenters. The lowest BCUT2D eigenvalue weighted by Crippen LogP contribution is -2.38. The fourth-order valence-electron chi connectivity index (χ4n) is 3.29. The number of carbonyl (C=O) groups is 2. The fraction of sp³-hybridized carbons (Fsp3) is 0.846. The zero-order chi connectivity index (χ0) is 12.6. The van der Waals surface area contributed by atoms with Gasteiger partial charge < -0.3 is 10.0 Å². The van der Waals surface area contributed by atoms with Gasteiger partial charge >= 0.3 is 5.97 Å². The number of carbonyl (C=O) groups excluding carboxylic acids is 1. The molecule has 0 spiro atoms. The minimum absolute atomic E-state index is 0.0136. The molecule has 1 amide bonds. The molecule has 96 valence electrons. The second kappa shape index (κ2) is 4.31. The SMILES string of the molecule is CCC(C)C(=O)N1C[C@@H]2CCC[C@@]2(C(=O)O)C1. The monoisotopic (exact) mass is 239 g/mol. The molecule has 0 radical (unpaired) electrons. The Hall–Kier alpha value is -1.06. The van der Waals surface area contributed by atoms with Crippen molar-refractivity contribution >= 4 is 11.9 Å². The smallest absolute Gasteiger partial charge is 0.311 e. The van der Waals surface area contributed by atoms with Gasteiger partial charge in [0, 0.05) is 19.0 Å². The number of amides is 1. The zero-order valence-corrected chi connectivity index (χ0v) is 10.6. The lowest BCUT2D eigenvalue weighted by molar-refractivity contribution is -0.149. The van der Waals surface area contributed by atoms with Crippen molar-refractivity contribution in [1.82, 2.24) is 4.90 Å². The molecule has 0 aromatic rings. The Morgan fingerprint density at radius 2 is 2.24 bits per heavy atom. The van der Waals surface area contributed by atoms with E-state index in [1.54, 1.807) is 4.90 Å². The maximum atomic E-state index is 12.1. The normalized spacial score (nSPS) is 33.5. The number of hydrogen-bond donors (Lipinski definition) is 1. The predicted molar refractivity (Wildman–Crippen MR) is 63.4 cm³/mol. The Labute approximate surface area is 102 Å². The first-order valence-electron chi connectivity index (χ1n) is 6.53. The third kappa shape index (κ3) is 1.83. The Morgan fingerprint density at radius 1 is 1.53 bits per heavy atom. The van der Waals surface area contributed by atoms with Crippen LogP contribution in [-0.4, -0.2) is 35.0 Å². The van der Waals surface area contributed by atoms with E-state index in [1.165, 1.54) is 0 Å². The summed E-state index contributed by atoms with van der Waals surface area (Å²) < 4.78 is 0. The van der Waals surface area contributed by atoms with E-state index in [2.05, 4.69) is 0 Å². The number of nitrogens with zero attached hydrogens (tertiary/aromatic N) is 1. The van der Waals surface area contributed by atoms with Crippen molar-refractivity contribution in [3.8, 4) is 0 Å². The second-order valence-corrected chi connectivity index (χ2v) is 5.58. The highest BCUT2D eigenvalue weighted by Crippen LogP contribution is 2.49. The molecule has 1 aliphatic carbocycles. The molecule has 2 rings (SSSR count). The van der Waals surface area contributed by atoms with Crippen molar-refractivity contribution < 1.29 is 14.7 Å². The van der Waals surface area contributed by atoms with Crippen LogP contribution in [0.3, 0.4) is 0 Å². The molecular formula is C13H21NO3. The fourth-order valence-corrected chi connectivity index (χ4v) is 3.29. The number of hydrogen-bond acceptors (Lipinski definition) is 2. The van der Waals surface area contributed by atoms with Gasteiger partial charge in [0.05, 0.1) is 5.41 Å². The molecule has 2 aliphatic rings. The van der Waals surface area contributed by atoms with E-state index in [4.69, 9.17) is 0 Å². The van der Waals surface area contributed by atoms with Crippen molar-refractivity contribution in [1.29, 1.82) is 0 Å². The van der Waals surface area contributed by atoms with Crippen molar-refractivity contribution in [2.75, 3.05) is 13.1 Å². The molecule has 1 unspecified atom stereocenters. The van der Waals surface area contributed by atoms with Crippen LogP contribution < -0.4 is 0 Å². The maximum Gasteiger partial charge on any atom is 0.311 e. The van der Waals surface area contributed by atoms with Crippen molar-refractivity contribution in [3.05, 3.63) is 0 Å². The van der Waals surface area contributed by atoms with Gasteiger partial charge in [-0.3, -0.25) is 9.59 Å². The molecule has 1 N–H and O–H groups in total. The highest BCUT2D eigenvalue weighted by molar-refractivity contribution is 5.82. The third-order valence-electron chi connectivity index (χ3n) is 4.64. The molecule has 0 bridgehead atoms. The van der Waals surface area contributed by atoms with Crippen LogP contribution in [0.2, 0.25) is 0 Å². The summed E-state index contributed by atoms with van der Waals surface area (Å²) in [6.45, 7) is 4.99. The predicted octanol–water partition coefficient (Wildman–Crippen LogP) is 1.75. The van der Waals surface area contributed by atoms with Gasteiger partial charge in [-0.2, -0.15) is 0 Å². The lowest BCUT2D eigenvalue weighted by atomic mass is 9.81. The molecule has 1 aliphatic heterocycles. The number of aliphatic carboxylic acids is 1. The van der Waals surface area contributed by atoms with Gasteiger partial charge in [-0.1, -0.05) is 20.3 Å². The summed E-state index contributed by atoms with van der Waals surface area (Å²) >= 11 is 0. The van der Waals surface area contributed by atoms with Gasteiger partial charge in [0.2, 0.25) is 5.91 Å². The molecule has 4 heteroatoms. The van der Waals surface area contributed by atoms with Crippen LogP contribution in [0.1, 0.15) is 39.5 Å². The van der Waals surface area contributed by atoms with Gasteiger partial charge in [-0.15, -0.1) is 0 Å². The van der Waals surface area contributed by atoms with Crippen molar-refractivity contribution in [2.45, 2.75) is 39.5 Å². The number of fused-ring (bicyclic) bond motifs is 1. The summed E-state index contributed by atoms with van der Waals surface area (Å²) in [6.07, 6.45) is 3.50. The van der Waals surface area contributed by atoms with Crippen LogP contribution in [-0.2, 0) is 9.59 Å². The van der Waals surface area contributed by atoms with Crippen molar-refractivity contribution in [2.24, 2.45) is 17.3 Å². The largest absolute Gasteiger partial charge is 0.481 e. The average molecular weight is 239 g/mol. The summed E-state index contributed by atoms with van der Waals surface area (Å²) in [6, 6.07) is 0. The minimum Gasteiger partial charge on any atom is -0.481 e. The minimum atomic E-state index is -0.709. The van der Waals surface area contributed by atoms with Gasteiger partial charge in [0.25, 0.3) is 0 Å². The molecule has 4 nitrogen and oxygen atoms in total. The van der Waals surface area contributed by atoms with Gasteiger partial charge in [-0.05, 0) is 25.2 Å². The topological polar surface area (TPSA) is 57.6 Å². The van der Waals surface area contributed by atoms with E-state index in [-0.39, 0.29) is 17.7 Å². The van der Waals surface area contributed by atoms with E-state index < -0.39 is 11.4 Å².